The van der Waals surface area contributed by atoms with Crippen LogP contribution in [0.15, 0.2) is 29.1 Å². The summed E-state index contributed by atoms with van der Waals surface area (Å²) in [4.78, 5) is 29.4. The smallest absolute Gasteiger partial charge is 0.270 e. The third-order valence-corrected chi connectivity index (χ3v) is 6.86. The molecule has 2 aromatic rings. The molecule has 0 aliphatic carbocycles. The second-order valence-corrected chi connectivity index (χ2v) is 8.34. The summed E-state index contributed by atoms with van der Waals surface area (Å²) in [6, 6.07) is 9.79. The van der Waals surface area contributed by atoms with Gasteiger partial charge in [-0.15, -0.1) is 11.8 Å². The summed E-state index contributed by atoms with van der Waals surface area (Å²) in [6.45, 7) is 2.53. The van der Waals surface area contributed by atoms with Crippen molar-refractivity contribution in [2.45, 2.75) is 18.1 Å². The number of anilines is 1. The molecule has 0 bridgehead atoms. The molecule has 1 aromatic heterocycles. The van der Waals surface area contributed by atoms with Gasteiger partial charge < -0.3 is 14.4 Å². The van der Waals surface area contributed by atoms with Crippen LogP contribution in [0, 0.1) is 11.3 Å². The number of amides is 1. The summed E-state index contributed by atoms with van der Waals surface area (Å²) in [5, 5.41) is 10.7. The van der Waals surface area contributed by atoms with Crippen LogP contribution in [0.5, 0.6) is 0 Å². The Hall–Kier alpha value is -2.46. The Morgan fingerprint density at radius 3 is 2.63 bits per heavy atom. The molecule has 0 saturated carbocycles. The van der Waals surface area contributed by atoms with E-state index in [1.165, 1.54) is 4.57 Å². The van der Waals surface area contributed by atoms with E-state index in [2.05, 4.69) is 11.0 Å². The molecule has 2 saturated heterocycles. The average molecular weight is 382 g/mol. The van der Waals surface area contributed by atoms with Crippen LogP contribution < -0.4 is 10.5 Å². The lowest BCUT2D eigenvalue weighted by Crippen LogP contribution is -2.51. The number of aromatic nitrogens is 1. The zero-order chi connectivity index (χ0) is 19.0. The van der Waals surface area contributed by atoms with Crippen LogP contribution in [0.2, 0.25) is 0 Å². The molecule has 3 heterocycles. The van der Waals surface area contributed by atoms with E-state index in [4.69, 9.17) is 0 Å². The second-order valence-electron chi connectivity index (χ2n) is 7.03. The van der Waals surface area contributed by atoms with Crippen LogP contribution in [0.1, 0.15) is 18.4 Å². The maximum atomic E-state index is 12.7. The highest BCUT2D eigenvalue weighted by molar-refractivity contribution is 8.00. The Morgan fingerprint density at radius 1 is 1.22 bits per heavy atom. The van der Waals surface area contributed by atoms with Crippen molar-refractivity contribution in [3.63, 3.8) is 0 Å². The molecule has 1 unspecified atom stereocenters. The van der Waals surface area contributed by atoms with Gasteiger partial charge in [0.25, 0.3) is 5.56 Å². The lowest BCUT2D eigenvalue weighted by atomic mass is 10.1. The van der Waals surface area contributed by atoms with E-state index in [1.807, 2.05) is 29.2 Å². The number of nitrogens with zero attached hydrogens (tertiary/aromatic N) is 4. The van der Waals surface area contributed by atoms with Crippen LogP contribution in [0.4, 0.5) is 5.69 Å². The van der Waals surface area contributed by atoms with E-state index in [0.29, 0.717) is 31.9 Å². The van der Waals surface area contributed by atoms with Gasteiger partial charge in [-0.05, 0) is 24.7 Å². The van der Waals surface area contributed by atoms with Gasteiger partial charge in [0.2, 0.25) is 5.91 Å². The molecule has 0 N–H and O–H groups in total. The Balaban J connectivity index is 1.64. The van der Waals surface area contributed by atoms with Crippen molar-refractivity contribution >= 4 is 34.3 Å². The third kappa shape index (κ3) is 3.08. The molecule has 7 heteroatoms. The molecule has 1 amide bonds. The van der Waals surface area contributed by atoms with E-state index in [-0.39, 0.29) is 22.3 Å². The Morgan fingerprint density at radius 2 is 1.96 bits per heavy atom. The lowest BCUT2D eigenvalue weighted by Gasteiger charge is -2.37. The van der Waals surface area contributed by atoms with Gasteiger partial charge in [-0.3, -0.25) is 9.59 Å². The van der Waals surface area contributed by atoms with Crippen molar-refractivity contribution in [3.05, 3.63) is 40.2 Å². The second kappa shape index (κ2) is 7.28. The van der Waals surface area contributed by atoms with Crippen LogP contribution in [-0.2, 0) is 11.8 Å². The van der Waals surface area contributed by atoms with Crippen molar-refractivity contribution < 1.29 is 4.79 Å². The van der Waals surface area contributed by atoms with Crippen molar-refractivity contribution in [1.29, 1.82) is 5.26 Å². The number of fused-ring (bicyclic) bond motifs is 1. The van der Waals surface area contributed by atoms with Crippen LogP contribution in [-0.4, -0.2) is 52.6 Å². The van der Waals surface area contributed by atoms with E-state index in [9.17, 15) is 14.9 Å². The minimum atomic E-state index is -0.271. The fourth-order valence-corrected chi connectivity index (χ4v) is 5.28. The fraction of sp³-hybridized carbons (Fsp3) is 0.450. The zero-order valence-electron chi connectivity index (χ0n) is 15.4. The van der Waals surface area contributed by atoms with Crippen LogP contribution in [0.25, 0.3) is 10.9 Å². The molecule has 2 aliphatic heterocycles. The molecular formula is C20H22N4O2S. The molecule has 27 heavy (non-hydrogen) atoms. The normalized spacial score (nSPS) is 20.1. The number of benzene rings is 1. The standard InChI is InChI=1S/C20H22N4O2S/c1-22-16-6-3-2-5-14(16)18(15(13-21)19(22)25)23-8-10-24(11-9-23)20(26)17-7-4-12-27-17/h2-3,5-6,17H,4,7-12H2,1H3. The van der Waals surface area contributed by atoms with Crippen molar-refractivity contribution in [2.75, 3.05) is 36.8 Å². The molecular weight excluding hydrogens is 360 g/mol. The number of aryl methyl sites for hydroxylation is 1. The maximum absolute atomic E-state index is 12.7. The summed E-state index contributed by atoms with van der Waals surface area (Å²) >= 11 is 1.76. The quantitative estimate of drug-likeness (QED) is 0.794. The molecule has 0 spiro atoms. The Labute approximate surface area is 162 Å². The number of thioether (sulfide) groups is 1. The number of pyridine rings is 1. The molecule has 6 nitrogen and oxygen atoms in total. The molecule has 2 aliphatic rings. The average Bonchev–Trinajstić information content (AvgIpc) is 3.25. The van der Waals surface area contributed by atoms with Gasteiger partial charge in [-0.2, -0.15) is 5.26 Å². The highest BCUT2D eigenvalue weighted by Gasteiger charge is 2.31. The minimum Gasteiger partial charge on any atom is -0.366 e. The summed E-state index contributed by atoms with van der Waals surface area (Å²) in [6.07, 6.45) is 2.09. The van der Waals surface area contributed by atoms with Crippen LogP contribution >= 0.6 is 11.8 Å². The minimum absolute atomic E-state index is 0.107. The SMILES string of the molecule is Cn1c(=O)c(C#N)c(N2CCN(C(=O)C3CCCS3)CC2)c2ccccc21. The number of hydrogen-bond donors (Lipinski definition) is 0. The first-order valence-electron chi connectivity index (χ1n) is 9.29. The first-order valence-corrected chi connectivity index (χ1v) is 10.3. The molecule has 140 valence electrons. The number of rotatable bonds is 2. The topological polar surface area (TPSA) is 69.3 Å². The molecule has 1 atom stereocenters. The summed E-state index contributed by atoms with van der Waals surface area (Å²) in [7, 11) is 1.70. The number of piperazine rings is 1. The van der Waals surface area contributed by atoms with Gasteiger partial charge in [0.1, 0.15) is 11.6 Å². The number of hydrogen-bond acceptors (Lipinski definition) is 5. The fourth-order valence-electron chi connectivity index (χ4n) is 4.04. The number of para-hydroxylation sites is 1. The highest BCUT2D eigenvalue weighted by Crippen LogP contribution is 2.31. The van der Waals surface area contributed by atoms with E-state index in [1.54, 1.807) is 18.8 Å². The summed E-state index contributed by atoms with van der Waals surface area (Å²) in [5.41, 5.74) is 1.44. The summed E-state index contributed by atoms with van der Waals surface area (Å²) < 4.78 is 1.54. The first-order chi connectivity index (χ1) is 13.1. The molecule has 0 radical (unpaired) electrons. The number of carbonyl (C=O) groups excluding carboxylic acids is 1. The largest absolute Gasteiger partial charge is 0.366 e. The van der Waals surface area contributed by atoms with Gasteiger partial charge in [0, 0.05) is 38.6 Å². The number of carbonyl (C=O) groups is 1. The molecule has 4 rings (SSSR count). The summed E-state index contributed by atoms with van der Waals surface area (Å²) in [5.74, 6) is 1.31. The van der Waals surface area contributed by atoms with Gasteiger partial charge in [0.15, 0.2) is 0 Å². The monoisotopic (exact) mass is 382 g/mol. The van der Waals surface area contributed by atoms with Crippen molar-refractivity contribution in [2.24, 2.45) is 7.05 Å². The highest BCUT2D eigenvalue weighted by atomic mass is 32.2. The maximum Gasteiger partial charge on any atom is 0.270 e. The van der Waals surface area contributed by atoms with Crippen molar-refractivity contribution in [1.82, 2.24) is 9.47 Å². The van der Waals surface area contributed by atoms with Gasteiger partial charge in [-0.1, -0.05) is 18.2 Å². The zero-order valence-corrected chi connectivity index (χ0v) is 16.2. The van der Waals surface area contributed by atoms with E-state index in [0.717, 1.165) is 29.5 Å². The predicted octanol–water partition coefficient (Wildman–Crippen LogP) is 1.95. The van der Waals surface area contributed by atoms with Crippen LogP contribution in [0.3, 0.4) is 0 Å². The van der Waals surface area contributed by atoms with E-state index < -0.39 is 0 Å². The predicted molar refractivity (Wildman–Crippen MR) is 108 cm³/mol. The lowest BCUT2D eigenvalue weighted by molar-refractivity contribution is -0.130. The van der Waals surface area contributed by atoms with Gasteiger partial charge >= 0.3 is 0 Å². The number of nitriles is 1. The Kier molecular flexibility index (Phi) is 4.83. The first kappa shape index (κ1) is 17.9. The molecule has 2 fully saturated rings. The van der Waals surface area contributed by atoms with E-state index >= 15 is 0 Å². The third-order valence-electron chi connectivity index (χ3n) is 5.50. The Bertz CT molecular complexity index is 980. The van der Waals surface area contributed by atoms with Gasteiger partial charge in [0.05, 0.1) is 16.5 Å². The van der Waals surface area contributed by atoms with Crippen molar-refractivity contribution in [3.8, 4) is 6.07 Å². The van der Waals surface area contributed by atoms with Gasteiger partial charge in [-0.25, -0.2) is 0 Å². The molecule has 1 aromatic carbocycles.